The monoisotopic (exact) mass is 436 g/mol. The fourth-order valence-electron chi connectivity index (χ4n) is 3.30. The van der Waals surface area contributed by atoms with E-state index in [1.165, 1.54) is 14.7 Å². The molecule has 2 heterocycles. The number of benzene rings is 2. The van der Waals surface area contributed by atoms with Gasteiger partial charge in [0.05, 0.1) is 4.90 Å². The van der Waals surface area contributed by atoms with Gasteiger partial charge >= 0.3 is 0 Å². The first-order valence-electron chi connectivity index (χ1n) is 9.00. The van der Waals surface area contributed by atoms with Crippen molar-refractivity contribution < 1.29 is 21.5 Å². The van der Waals surface area contributed by atoms with Crippen molar-refractivity contribution in [1.29, 1.82) is 0 Å². The number of hydrogen-bond acceptors (Lipinski definition) is 7. The molecule has 0 saturated carbocycles. The molecule has 0 spiro atoms. The highest BCUT2D eigenvalue weighted by Crippen LogP contribution is 2.26. The third-order valence-electron chi connectivity index (χ3n) is 5.18. The summed E-state index contributed by atoms with van der Waals surface area (Å²) in [5, 5.41) is 7.36. The predicted octanol–water partition coefficient (Wildman–Crippen LogP) is 1.53. The molecule has 11 heteroatoms. The summed E-state index contributed by atoms with van der Waals surface area (Å²) in [5.74, 6) is 0. The summed E-state index contributed by atoms with van der Waals surface area (Å²) in [5.41, 5.74) is 2.41. The maximum absolute atomic E-state index is 13.1. The summed E-state index contributed by atoms with van der Waals surface area (Å²) in [7, 11) is -7.54. The molecule has 1 saturated heterocycles. The number of hydrogen-bond donors (Lipinski definition) is 0. The normalized spacial score (nSPS) is 17.0. The van der Waals surface area contributed by atoms with Crippen LogP contribution >= 0.6 is 0 Å². The Bertz CT molecular complexity index is 1280. The molecule has 0 N–H and O–H groups in total. The molecule has 0 unspecified atom stereocenters. The molecule has 0 radical (unpaired) electrons. The predicted molar refractivity (Wildman–Crippen MR) is 105 cm³/mol. The van der Waals surface area contributed by atoms with Crippen LogP contribution in [0.15, 0.2) is 50.8 Å². The zero-order chi connectivity index (χ0) is 20.8. The number of nitrogens with zero attached hydrogens (tertiary/aromatic N) is 4. The average molecular weight is 437 g/mol. The number of piperazine rings is 1. The maximum atomic E-state index is 13.1. The standard InChI is InChI=1S/C18H20N4O5S2/c1-13-6-7-15(12-14(13)2)28(23,24)21-8-10-22(11-9-21)29(25,26)17-5-3-4-16-18(17)20-27-19-16/h3-7,12H,8-11H2,1-2H3. The second-order valence-electron chi connectivity index (χ2n) is 6.94. The van der Waals surface area contributed by atoms with E-state index in [1.54, 1.807) is 30.3 Å². The lowest BCUT2D eigenvalue weighted by atomic mass is 10.1. The van der Waals surface area contributed by atoms with Gasteiger partial charge in [-0.05, 0) is 59.6 Å². The van der Waals surface area contributed by atoms with Crippen LogP contribution in [0.2, 0.25) is 0 Å². The summed E-state index contributed by atoms with van der Waals surface area (Å²) in [4.78, 5) is 0.220. The number of aryl methyl sites for hydroxylation is 2. The van der Waals surface area contributed by atoms with E-state index in [9.17, 15) is 16.8 Å². The molecule has 1 aliphatic heterocycles. The molecule has 2 aromatic carbocycles. The third kappa shape index (κ3) is 3.44. The molecule has 154 valence electrons. The van der Waals surface area contributed by atoms with Crippen molar-refractivity contribution in [3.63, 3.8) is 0 Å². The van der Waals surface area contributed by atoms with Crippen molar-refractivity contribution in [2.75, 3.05) is 26.2 Å². The van der Waals surface area contributed by atoms with E-state index in [-0.39, 0.29) is 41.5 Å². The van der Waals surface area contributed by atoms with E-state index in [0.717, 1.165) is 11.1 Å². The van der Waals surface area contributed by atoms with E-state index in [1.807, 2.05) is 13.8 Å². The first kappa shape index (κ1) is 20.0. The third-order valence-corrected chi connectivity index (χ3v) is 9.01. The van der Waals surface area contributed by atoms with Crippen LogP contribution in [0.4, 0.5) is 0 Å². The number of fused-ring (bicyclic) bond motifs is 1. The Labute approximate surface area is 169 Å². The number of aromatic nitrogens is 2. The Morgan fingerprint density at radius 2 is 1.48 bits per heavy atom. The van der Waals surface area contributed by atoms with Crippen LogP contribution < -0.4 is 0 Å². The maximum Gasteiger partial charge on any atom is 0.245 e. The van der Waals surface area contributed by atoms with E-state index >= 15 is 0 Å². The lowest BCUT2D eigenvalue weighted by Crippen LogP contribution is -2.50. The van der Waals surface area contributed by atoms with E-state index in [0.29, 0.717) is 5.52 Å². The fourth-order valence-corrected chi connectivity index (χ4v) is 6.37. The summed E-state index contributed by atoms with van der Waals surface area (Å²) >= 11 is 0. The highest BCUT2D eigenvalue weighted by molar-refractivity contribution is 7.89. The first-order chi connectivity index (χ1) is 13.7. The first-order valence-corrected chi connectivity index (χ1v) is 11.9. The molecule has 4 rings (SSSR count). The van der Waals surface area contributed by atoms with Gasteiger partial charge in [-0.2, -0.15) is 8.61 Å². The number of rotatable bonds is 4. The van der Waals surface area contributed by atoms with Crippen molar-refractivity contribution in [3.05, 3.63) is 47.5 Å². The van der Waals surface area contributed by atoms with Gasteiger partial charge in [0.2, 0.25) is 20.0 Å². The summed E-state index contributed by atoms with van der Waals surface area (Å²) in [6.45, 7) is 4.02. The van der Waals surface area contributed by atoms with Crippen molar-refractivity contribution in [3.8, 4) is 0 Å². The van der Waals surface area contributed by atoms with Crippen LogP contribution in [0.5, 0.6) is 0 Å². The van der Waals surface area contributed by atoms with Gasteiger partial charge in [0, 0.05) is 26.2 Å². The molecule has 0 bridgehead atoms. The average Bonchev–Trinajstić information content (AvgIpc) is 3.18. The Morgan fingerprint density at radius 3 is 2.14 bits per heavy atom. The molecular formula is C18H20N4O5S2. The Balaban J connectivity index is 1.56. The highest BCUT2D eigenvalue weighted by Gasteiger charge is 2.35. The minimum Gasteiger partial charge on any atom is -0.243 e. The molecule has 9 nitrogen and oxygen atoms in total. The summed E-state index contributed by atoms with van der Waals surface area (Å²) in [6, 6.07) is 9.62. The largest absolute Gasteiger partial charge is 0.245 e. The van der Waals surface area contributed by atoms with Gasteiger partial charge < -0.3 is 0 Å². The van der Waals surface area contributed by atoms with E-state index < -0.39 is 20.0 Å². The molecule has 1 aromatic heterocycles. The zero-order valence-electron chi connectivity index (χ0n) is 15.9. The lowest BCUT2D eigenvalue weighted by Gasteiger charge is -2.33. The van der Waals surface area contributed by atoms with Gasteiger partial charge in [-0.3, -0.25) is 0 Å². The van der Waals surface area contributed by atoms with E-state index in [4.69, 9.17) is 0 Å². The quantitative estimate of drug-likeness (QED) is 0.609. The van der Waals surface area contributed by atoms with Gasteiger partial charge in [0.1, 0.15) is 10.4 Å². The topological polar surface area (TPSA) is 114 Å². The molecule has 1 fully saturated rings. The zero-order valence-corrected chi connectivity index (χ0v) is 17.6. The second-order valence-corrected chi connectivity index (χ2v) is 10.8. The van der Waals surface area contributed by atoms with Crippen LogP contribution in [-0.2, 0) is 20.0 Å². The van der Waals surface area contributed by atoms with Crippen LogP contribution in [0.1, 0.15) is 11.1 Å². The lowest BCUT2D eigenvalue weighted by molar-refractivity contribution is 0.273. The second kappa shape index (κ2) is 7.17. The van der Waals surface area contributed by atoms with Crippen LogP contribution in [0.25, 0.3) is 11.0 Å². The molecule has 0 amide bonds. The SMILES string of the molecule is Cc1ccc(S(=O)(=O)N2CCN(S(=O)(=O)c3cccc4nonc34)CC2)cc1C. The molecule has 0 aliphatic carbocycles. The minimum absolute atomic E-state index is 0.00159. The Morgan fingerprint density at radius 1 is 0.828 bits per heavy atom. The molecule has 3 aromatic rings. The van der Waals surface area contributed by atoms with Gasteiger partial charge in [-0.1, -0.05) is 12.1 Å². The van der Waals surface area contributed by atoms with Crippen molar-refractivity contribution in [1.82, 2.24) is 18.9 Å². The van der Waals surface area contributed by atoms with Crippen molar-refractivity contribution in [2.45, 2.75) is 23.6 Å². The molecular weight excluding hydrogens is 416 g/mol. The number of sulfonamides is 2. The van der Waals surface area contributed by atoms with Crippen molar-refractivity contribution in [2.24, 2.45) is 0 Å². The smallest absolute Gasteiger partial charge is 0.243 e. The summed E-state index contributed by atoms with van der Waals surface area (Å²) in [6.07, 6.45) is 0. The summed E-state index contributed by atoms with van der Waals surface area (Å²) < 4.78 is 59.2. The minimum atomic E-state index is -3.86. The molecule has 0 atom stereocenters. The van der Waals surface area contributed by atoms with E-state index in [2.05, 4.69) is 14.9 Å². The van der Waals surface area contributed by atoms with Crippen molar-refractivity contribution >= 4 is 31.1 Å². The van der Waals surface area contributed by atoms with Gasteiger partial charge in [-0.25, -0.2) is 21.5 Å². The van der Waals surface area contributed by atoms with Crippen LogP contribution in [0.3, 0.4) is 0 Å². The van der Waals surface area contributed by atoms with Crippen LogP contribution in [-0.4, -0.2) is 61.9 Å². The Hall–Kier alpha value is -2.34. The van der Waals surface area contributed by atoms with Crippen LogP contribution in [0, 0.1) is 13.8 Å². The van der Waals surface area contributed by atoms with Gasteiger partial charge in [-0.15, -0.1) is 0 Å². The van der Waals surface area contributed by atoms with Gasteiger partial charge in [0.15, 0.2) is 5.52 Å². The fraction of sp³-hybridized carbons (Fsp3) is 0.333. The van der Waals surface area contributed by atoms with Gasteiger partial charge in [0.25, 0.3) is 0 Å². The molecule has 29 heavy (non-hydrogen) atoms. The Kier molecular flexibility index (Phi) is 4.93. The molecule has 1 aliphatic rings. The highest BCUT2D eigenvalue weighted by atomic mass is 32.2.